The number of hydrogen-bond acceptors (Lipinski definition) is 3. The van der Waals surface area contributed by atoms with Crippen LogP contribution in [0.25, 0.3) is 21.4 Å². The van der Waals surface area contributed by atoms with Gasteiger partial charge in [0.05, 0.1) is 0 Å². The van der Waals surface area contributed by atoms with Crippen LogP contribution in [0, 0.1) is 0 Å². The molecule has 0 aliphatic heterocycles. The van der Waals surface area contributed by atoms with Gasteiger partial charge in [-0.3, -0.25) is 0 Å². The summed E-state index contributed by atoms with van der Waals surface area (Å²) in [6, 6.07) is 13.6. The van der Waals surface area contributed by atoms with Crippen LogP contribution in [0.3, 0.4) is 0 Å². The molecule has 0 radical (unpaired) electrons. The van der Waals surface area contributed by atoms with E-state index in [1.54, 1.807) is 14.2 Å². The summed E-state index contributed by atoms with van der Waals surface area (Å²) in [6.45, 7) is 0. The van der Waals surface area contributed by atoms with Gasteiger partial charge >= 0.3 is 140 Å². The number of methoxy groups -OCH3 is 2. The van der Waals surface area contributed by atoms with E-state index >= 15 is 0 Å². The summed E-state index contributed by atoms with van der Waals surface area (Å²) in [6.07, 6.45) is 0. The summed E-state index contributed by atoms with van der Waals surface area (Å²) in [5, 5.41) is 0.733. The normalized spacial score (nSPS) is 10.5. The molecule has 0 unspecified atom stereocenters. The van der Waals surface area contributed by atoms with Crippen molar-refractivity contribution in [2.45, 2.75) is 0 Å². The van der Waals surface area contributed by atoms with Crippen molar-refractivity contribution < 1.29 is 9.47 Å². The Morgan fingerprint density at radius 2 is 1.59 bits per heavy atom. The number of halogens is 1. The Balaban J connectivity index is 1.95. The van der Waals surface area contributed by atoms with Crippen molar-refractivity contribution in [3.63, 3.8) is 0 Å². The van der Waals surface area contributed by atoms with Gasteiger partial charge in [0.2, 0.25) is 0 Å². The number of nitrogens with zero attached hydrogens (tertiary/aromatic N) is 1. The third-order valence-electron chi connectivity index (χ3n) is 3.27. The van der Waals surface area contributed by atoms with Gasteiger partial charge in [-0.2, -0.15) is 0 Å². The second kappa shape index (κ2) is 6.57. The van der Waals surface area contributed by atoms with Crippen LogP contribution in [-0.2, 0) is 0 Å². The molecule has 3 nitrogen and oxygen atoms in total. The Hall–Kier alpha value is -1.74. The number of benzene rings is 2. The van der Waals surface area contributed by atoms with Crippen LogP contribution in [0.15, 0.2) is 47.4 Å². The average Bonchev–Trinajstić information content (AvgIpc) is 3.05. The van der Waals surface area contributed by atoms with E-state index in [0.717, 1.165) is 37.9 Å². The van der Waals surface area contributed by atoms with Crippen molar-refractivity contribution in [1.82, 2.24) is 4.98 Å². The number of ether oxygens (including phenoxy) is 2. The summed E-state index contributed by atoms with van der Waals surface area (Å²) >= 11 is 6.13. The second-order valence-electron chi connectivity index (χ2n) is 4.61. The topological polar surface area (TPSA) is 31.4 Å². The zero-order chi connectivity index (χ0) is 15.5. The van der Waals surface area contributed by atoms with E-state index in [1.807, 2.05) is 42.5 Å². The number of aromatic nitrogens is 1. The molecule has 0 amide bonds. The molecule has 0 N–H and O–H groups in total. The van der Waals surface area contributed by atoms with Crippen LogP contribution >= 0.6 is 11.6 Å². The van der Waals surface area contributed by atoms with E-state index in [4.69, 9.17) is 26.1 Å². The van der Waals surface area contributed by atoms with E-state index in [2.05, 4.69) is 4.94 Å². The van der Waals surface area contributed by atoms with Crippen LogP contribution < -0.4 is 9.47 Å². The summed E-state index contributed by atoms with van der Waals surface area (Å²) in [5.41, 5.74) is 3.15. The molecular formula is C17H14ClNO2Se. The second-order valence-corrected chi connectivity index (χ2v) is 6.85. The predicted octanol–water partition coefficient (Wildman–Crippen LogP) is 4.14. The monoisotopic (exact) mass is 379 g/mol. The van der Waals surface area contributed by atoms with E-state index in [-0.39, 0.29) is 14.5 Å². The zero-order valence-electron chi connectivity index (χ0n) is 12.2. The van der Waals surface area contributed by atoms with Crippen LogP contribution in [0.2, 0.25) is 5.02 Å². The van der Waals surface area contributed by atoms with Crippen LogP contribution in [0.5, 0.6) is 11.5 Å². The van der Waals surface area contributed by atoms with Crippen molar-refractivity contribution in [3.8, 4) is 32.9 Å². The van der Waals surface area contributed by atoms with Gasteiger partial charge in [0.25, 0.3) is 0 Å². The molecule has 22 heavy (non-hydrogen) atoms. The van der Waals surface area contributed by atoms with E-state index in [1.165, 1.54) is 0 Å². The van der Waals surface area contributed by atoms with Gasteiger partial charge in [-0.25, -0.2) is 0 Å². The van der Waals surface area contributed by atoms with Crippen molar-refractivity contribution in [3.05, 3.63) is 52.4 Å². The first-order valence-electron chi connectivity index (χ1n) is 6.65. The first kappa shape index (κ1) is 15.2. The standard InChI is InChI=1S/C17H14ClNO2Se/c1-20-15-8-5-12(9-16(15)21-2)17-19-14(10-22-17)11-3-6-13(18)7-4-11/h3-10H,1-2H3. The molecule has 0 aliphatic rings. The molecule has 3 aromatic rings. The zero-order valence-corrected chi connectivity index (χ0v) is 14.6. The van der Waals surface area contributed by atoms with Gasteiger partial charge in [0.1, 0.15) is 0 Å². The molecule has 0 saturated carbocycles. The molecule has 2 aromatic carbocycles. The molecular weight excluding hydrogens is 365 g/mol. The number of rotatable bonds is 4. The van der Waals surface area contributed by atoms with E-state index < -0.39 is 0 Å². The fourth-order valence-electron chi connectivity index (χ4n) is 2.13. The SMILES string of the molecule is COc1ccc(-c2nc(-c3ccc(Cl)cc3)c[se]2)cc1OC. The van der Waals surface area contributed by atoms with Crippen molar-refractivity contribution in [2.24, 2.45) is 0 Å². The van der Waals surface area contributed by atoms with E-state index in [9.17, 15) is 0 Å². The quantitative estimate of drug-likeness (QED) is 0.639. The molecule has 1 heterocycles. The molecule has 0 aliphatic carbocycles. The predicted molar refractivity (Wildman–Crippen MR) is 90.2 cm³/mol. The minimum atomic E-state index is 0.203. The van der Waals surface area contributed by atoms with Gasteiger partial charge < -0.3 is 0 Å². The van der Waals surface area contributed by atoms with Crippen molar-refractivity contribution in [1.29, 1.82) is 0 Å². The first-order chi connectivity index (χ1) is 10.7. The Kier molecular flexibility index (Phi) is 4.53. The summed E-state index contributed by atoms with van der Waals surface area (Å²) in [7, 11) is 3.27. The summed E-state index contributed by atoms with van der Waals surface area (Å²) in [4.78, 5) is 6.94. The van der Waals surface area contributed by atoms with E-state index in [0.29, 0.717) is 0 Å². The molecule has 0 spiro atoms. The third kappa shape index (κ3) is 3.05. The van der Waals surface area contributed by atoms with Gasteiger partial charge in [-0.05, 0) is 0 Å². The van der Waals surface area contributed by atoms with Gasteiger partial charge in [-0.1, -0.05) is 0 Å². The summed E-state index contributed by atoms with van der Waals surface area (Å²) in [5.74, 6) is 1.45. The van der Waals surface area contributed by atoms with Gasteiger partial charge in [0.15, 0.2) is 0 Å². The maximum atomic E-state index is 5.93. The Bertz CT molecular complexity index is 784. The molecule has 112 valence electrons. The number of hydrogen-bond donors (Lipinski definition) is 0. The van der Waals surface area contributed by atoms with Crippen LogP contribution in [0.4, 0.5) is 0 Å². The Labute approximate surface area is 140 Å². The fraction of sp³-hybridized carbons (Fsp3) is 0.118. The Morgan fingerprint density at radius 3 is 2.27 bits per heavy atom. The average molecular weight is 379 g/mol. The third-order valence-corrected chi connectivity index (χ3v) is 5.40. The van der Waals surface area contributed by atoms with Crippen molar-refractivity contribution >= 4 is 26.1 Å². The molecule has 5 heteroatoms. The molecule has 3 rings (SSSR count). The van der Waals surface area contributed by atoms with Crippen LogP contribution in [-0.4, -0.2) is 33.7 Å². The minimum absolute atomic E-state index is 0.203. The van der Waals surface area contributed by atoms with Crippen LogP contribution in [0.1, 0.15) is 0 Å². The first-order valence-corrected chi connectivity index (χ1v) is 8.87. The van der Waals surface area contributed by atoms with Crippen molar-refractivity contribution in [2.75, 3.05) is 14.2 Å². The van der Waals surface area contributed by atoms with Gasteiger partial charge in [0, 0.05) is 0 Å². The fourth-order valence-corrected chi connectivity index (χ4v) is 3.99. The van der Waals surface area contributed by atoms with Gasteiger partial charge in [-0.15, -0.1) is 0 Å². The molecule has 0 bridgehead atoms. The molecule has 0 fully saturated rings. The molecule has 0 saturated heterocycles. The maximum absolute atomic E-state index is 5.93. The Morgan fingerprint density at radius 1 is 0.909 bits per heavy atom. The molecule has 0 atom stereocenters. The molecule has 1 aromatic heterocycles. The summed E-state index contributed by atoms with van der Waals surface area (Å²) < 4.78 is 11.7.